The molecule has 0 aliphatic rings. The fraction of sp³-hybridized carbons (Fsp3) is 0.143. The summed E-state index contributed by atoms with van der Waals surface area (Å²) >= 11 is 4.73. The highest BCUT2D eigenvalue weighted by Gasteiger charge is 2.13. The van der Waals surface area contributed by atoms with Crippen LogP contribution in [-0.2, 0) is 0 Å². The maximum atomic E-state index is 11.9. The molecule has 0 spiro atoms. The lowest BCUT2D eigenvalue weighted by Crippen LogP contribution is -2.27. The van der Waals surface area contributed by atoms with Crippen molar-refractivity contribution in [3.8, 4) is 5.75 Å². The molecule has 0 bridgehead atoms. The van der Waals surface area contributed by atoms with Gasteiger partial charge in [-0.25, -0.2) is 0 Å². The first kappa shape index (κ1) is 13.3. The summed E-state index contributed by atoms with van der Waals surface area (Å²) in [5.74, 6) is -0.342. The zero-order valence-electron chi connectivity index (χ0n) is 10.2. The number of amides is 1. The van der Waals surface area contributed by atoms with E-state index in [4.69, 9.17) is 18.0 Å². The molecule has 0 saturated carbocycles. The number of nitrogens with two attached hydrogens (primary N) is 1. The van der Waals surface area contributed by atoms with Crippen LogP contribution in [0.15, 0.2) is 36.4 Å². The number of hydrogen-bond donors (Lipinski definition) is 3. The van der Waals surface area contributed by atoms with Crippen LogP contribution in [-0.4, -0.2) is 22.5 Å². The number of carbonyl (C=O) groups is 1. The van der Waals surface area contributed by atoms with E-state index in [1.807, 2.05) is 18.2 Å². The number of fused-ring (bicyclic) bond motifs is 1. The number of nitrogens with one attached hydrogen (secondary N) is 1. The number of hydrogen-bond acceptors (Lipinski definition) is 3. The minimum absolute atomic E-state index is 0.00840. The summed E-state index contributed by atoms with van der Waals surface area (Å²) in [5, 5.41) is 14.3. The van der Waals surface area contributed by atoms with Crippen molar-refractivity contribution in [1.29, 1.82) is 0 Å². The Bertz CT molecular complexity index is 640. The lowest BCUT2D eigenvalue weighted by molar-refractivity contribution is 0.0952. The van der Waals surface area contributed by atoms with Crippen molar-refractivity contribution >= 4 is 33.9 Å². The predicted molar refractivity (Wildman–Crippen MR) is 79.3 cm³/mol. The molecule has 19 heavy (non-hydrogen) atoms. The first-order valence-corrected chi connectivity index (χ1v) is 6.27. The van der Waals surface area contributed by atoms with E-state index in [-0.39, 0.29) is 17.2 Å². The van der Waals surface area contributed by atoms with E-state index in [2.05, 4.69) is 5.32 Å². The molecule has 0 radical (unpaired) electrons. The van der Waals surface area contributed by atoms with Gasteiger partial charge in [0.25, 0.3) is 5.91 Å². The summed E-state index contributed by atoms with van der Waals surface area (Å²) in [4.78, 5) is 12.3. The van der Waals surface area contributed by atoms with Gasteiger partial charge in [-0.15, -0.1) is 0 Å². The summed E-state index contributed by atoms with van der Waals surface area (Å²) in [6.07, 6.45) is 0.440. The van der Waals surface area contributed by atoms with Crippen molar-refractivity contribution in [2.24, 2.45) is 5.73 Å². The third-order valence-electron chi connectivity index (χ3n) is 2.80. The molecule has 0 atom stereocenters. The molecule has 0 heterocycles. The van der Waals surface area contributed by atoms with Crippen molar-refractivity contribution in [3.63, 3.8) is 0 Å². The standard InChI is InChI=1S/C14H14N2O2S/c15-12(19)7-8-16-14(18)11-6-5-9-3-1-2-4-10(9)13(11)17/h1-6,17H,7-8H2,(H2,15,19)(H,16,18). The molecule has 2 aromatic carbocycles. The number of aromatic hydroxyl groups is 1. The van der Waals surface area contributed by atoms with Crippen LogP contribution in [0.1, 0.15) is 16.8 Å². The topological polar surface area (TPSA) is 75.3 Å². The number of rotatable bonds is 4. The van der Waals surface area contributed by atoms with Gasteiger partial charge in [0.15, 0.2) is 0 Å². The molecule has 2 aromatic rings. The second-order valence-electron chi connectivity index (χ2n) is 4.16. The molecule has 0 aliphatic carbocycles. The Morgan fingerprint density at radius 2 is 2.00 bits per heavy atom. The molecular weight excluding hydrogens is 260 g/mol. The average molecular weight is 274 g/mol. The van der Waals surface area contributed by atoms with E-state index in [0.29, 0.717) is 23.3 Å². The lowest BCUT2D eigenvalue weighted by atomic mass is 10.0. The fourth-order valence-corrected chi connectivity index (χ4v) is 1.93. The average Bonchev–Trinajstić information content (AvgIpc) is 2.39. The van der Waals surface area contributed by atoms with E-state index >= 15 is 0 Å². The van der Waals surface area contributed by atoms with Crippen LogP contribution < -0.4 is 11.1 Å². The number of thiocarbonyl (C=S) groups is 1. The molecular formula is C14H14N2O2S. The zero-order valence-corrected chi connectivity index (χ0v) is 11.0. The second-order valence-corrected chi connectivity index (χ2v) is 4.68. The van der Waals surface area contributed by atoms with Gasteiger partial charge >= 0.3 is 0 Å². The van der Waals surface area contributed by atoms with Crippen molar-refractivity contribution in [3.05, 3.63) is 42.0 Å². The summed E-state index contributed by atoms with van der Waals surface area (Å²) in [5.41, 5.74) is 5.60. The van der Waals surface area contributed by atoms with Crippen LogP contribution in [0.25, 0.3) is 10.8 Å². The highest BCUT2D eigenvalue weighted by molar-refractivity contribution is 7.80. The van der Waals surface area contributed by atoms with Crippen molar-refractivity contribution < 1.29 is 9.90 Å². The summed E-state index contributed by atoms with van der Waals surface area (Å²) < 4.78 is 0. The van der Waals surface area contributed by atoms with Crippen molar-refractivity contribution in [1.82, 2.24) is 5.32 Å². The lowest BCUT2D eigenvalue weighted by Gasteiger charge is -2.08. The summed E-state index contributed by atoms with van der Waals surface area (Å²) in [6, 6.07) is 10.8. The van der Waals surface area contributed by atoms with E-state index in [1.165, 1.54) is 0 Å². The van der Waals surface area contributed by atoms with Gasteiger partial charge in [-0.2, -0.15) is 0 Å². The van der Waals surface area contributed by atoms with Crippen molar-refractivity contribution in [2.75, 3.05) is 6.54 Å². The Balaban J connectivity index is 2.22. The molecule has 0 aromatic heterocycles. The zero-order chi connectivity index (χ0) is 13.8. The van der Waals surface area contributed by atoms with E-state index < -0.39 is 0 Å². The highest BCUT2D eigenvalue weighted by Crippen LogP contribution is 2.28. The van der Waals surface area contributed by atoms with Crippen LogP contribution >= 0.6 is 12.2 Å². The molecule has 98 valence electrons. The van der Waals surface area contributed by atoms with Gasteiger partial charge in [-0.1, -0.05) is 42.5 Å². The summed E-state index contributed by atoms with van der Waals surface area (Å²) in [7, 11) is 0. The molecule has 5 heteroatoms. The molecule has 2 rings (SSSR count). The fourth-order valence-electron chi connectivity index (χ4n) is 1.83. The monoisotopic (exact) mass is 274 g/mol. The van der Waals surface area contributed by atoms with Gasteiger partial charge in [0.2, 0.25) is 0 Å². The SMILES string of the molecule is NC(=S)CCNC(=O)c1ccc2ccccc2c1O. The third kappa shape index (κ3) is 3.00. The molecule has 1 amide bonds. The van der Waals surface area contributed by atoms with E-state index in [1.54, 1.807) is 18.2 Å². The minimum atomic E-state index is -0.334. The molecule has 4 N–H and O–H groups in total. The largest absolute Gasteiger partial charge is 0.506 e. The Morgan fingerprint density at radius 3 is 2.74 bits per heavy atom. The highest BCUT2D eigenvalue weighted by atomic mass is 32.1. The first-order valence-electron chi connectivity index (χ1n) is 5.87. The normalized spacial score (nSPS) is 10.3. The first-order chi connectivity index (χ1) is 9.09. The van der Waals surface area contributed by atoms with Crippen LogP contribution in [0.3, 0.4) is 0 Å². The van der Waals surface area contributed by atoms with Gasteiger partial charge in [-0.3, -0.25) is 4.79 Å². The van der Waals surface area contributed by atoms with Crippen LogP contribution in [0.5, 0.6) is 5.75 Å². The Labute approximate surface area is 116 Å². The molecule has 0 saturated heterocycles. The van der Waals surface area contributed by atoms with Gasteiger partial charge in [0.05, 0.1) is 10.6 Å². The Kier molecular flexibility index (Phi) is 3.97. The predicted octanol–water partition coefficient (Wildman–Crippen LogP) is 1.95. The molecule has 0 aliphatic heterocycles. The Hall–Kier alpha value is -2.14. The number of benzene rings is 2. The Morgan fingerprint density at radius 1 is 1.26 bits per heavy atom. The molecule has 0 fully saturated rings. The maximum Gasteiger partial charge on any atom is 0.255 e. The number of phenolic OH excluding ortho intramolecular Hbond substituents is 1. The number of carbonyl (C=O) groups excluding carboxylic acids is 1. The van der Waals surface area contributed by atoms with Crippen LogP contribution in [0.4, 0.5) is 0 Å². The van der Waals surface area contributed by atoms with Gasteiger partial charge in [0, 0.05) is 18.4 Å². The van der Waals surface area contributed by atoms with E-state index in [0.717, 1.165) is 5.39 Å². The minimum Gasteiger partial charge on any atom is -0.506 e. The van der Waals surface area contributed by atoms with Crippen LogP contribution in [0, 0.1) is 0 Å². The van der Waals surface area contributed by atoms with Crippen LogP contribution in [0.2, 0.25) is 0 Å². The maximum absolute atomic E-state index is 11.9. The van der Waals surface area contributed by atoms with Crippen molar-refractivity contribution in [2.45, 2.75) is 6.42 Å². The quantitative estimate of drug-likeness (QED) is 0.745. The third-order valence-corrected chi connectivity index (χ3v) is 3.01. The smallest absolute Gasteiger partial charge is 0.255 e. The van der Waals surface area contributed by atoms with Gasteiger partial charge in [0.1, 0.15) is 5.75 Å². The molecule has 4 nitrogen and oxygen atoms in total. The van der Waals surface area contributed by atoms with E-state index in [9.17, 15) is 9.90 Å². The van der Waals surface area contributed by atoms with Gasteiger partial charge < -0.3 is 16.2 Å². The number of phenols is 1. The van der Waals surface area contributed by atoms with Gasteiger partial charge in [-0.05, 0) is 11.5 Å². The second kappa shape index (κ2) is 5.67. The summed E-state index contributed by atoms with van der Waals surface area (Å²) in [6.45, 7) is 0.362. The molecule has 0 unspecified atom stereocenters.